The van der Waals surface area contributed by atoms with Crippen molar-refractivity contribution in [3.8, 4) is 0 Å². The lowest BCUT2D eigenvalue weighted by Crippen LogP contribution is -2.24. The van der Waals surface area contributed by atoms with Crippen LogP contribution in [-0.2, 0) is 4.74 Å². The summed E-state index contributed by atoms with van der Waals surface area (Å²) in [6.07, 6.45) is 5.97. The first-order valence-corrected chi connectivity index (χ1v) is 4.77. The van der Waals surface area contributed by atoms with Crippen LogP contribution in [0.1, 0.15) is 25.7 Å². The fraction of sp³-hybridized carbons (Fsp3) is 1.00. The van der Waals surface area contributed by atoms with Crippen LogP contribution in [0.5, 0.6) is 0 Å². The third kappa shape index (κ3) is 1.94. The average Bonchev–Trinajstić information content (AvgIpc) is 2.36. The zero-order chi connectivity index (χ0) is 7.52. The molecule has 1 aliphatic carbocycles. The Bertz CT molecular complexity index is 117. The van der Waals surface area contributed by atoms with Gasteiger partial charge in [-0.1, -0.05) is 6.42 Å². The molecule has 2 heteroatoms. The highest BCUT2D eigenvalue weighted by Crippen LogP contribution is 2.26. The highest BCUT2D eigenvalue weighted by Gasteiger charge is 2.21. The van der Waals surface area contributed by atoms with Gasteiger partial charge in [-0.15, -0.1) is 0 Å². The van der Waals surface area contributed by atoms with Gasteiger partial charge < -0.3 is 10.1 Å². The Morgan fingerprint density at radius 2 is 2.18 bits per heavy atom. The third-order valence-electron chi connectivity index (χ3n) is 2.81. The van der Waals surface area contributed by atoms with Crippen molar-refractivity contribution in [1.82, 2.24) is 5.32 Å². The maximum absolute atomic E-state index is 5.74. The van der Waals surface area contributed by atoms with E-state index >= 15 is 0 Å². The third-order valence-corrected chi connectivity index (χ3v) is 2.81. The molecule has 0 aromatic heterocycles. The smallest absolute Gasteiger partial charge is 0.0711 e. The second-order valence-electron chi connectivity index (χ2n) is 3.75. The van der Waals surface area contributed by atoms with Crippen LogP contribution < -0.4 is 5.32 Å². The SMILES string of the molecule is C1CC(CO[C@H]2CCNC2)C1. The summed E-state index contributed by atoms with van der Waals surface area (Å²) in [6.45, 7) is 3.24. The van der Waals surface area contributed by atoms with E-state index in [9.17, 15) is 0 Å². The lowest BCUT2D eigenvalue weighted by Gasteiger charge is -2.26. The molecule has 2 nitrogen and oxygen atoms in total. The molecular weight excluding hydrogens is 138 g/mol. The zero-order valence-electron chi connectivity index (χ0n) is 7.01. The van der Waals surface area contributed by atoms with Gasteiger partial charge >= 0.3 is 0 Å². The van der Waals surface area contributed by atoms with Crippen LogP contribution in [0, 0.1) is 5.92 Å². The van der Waals surface area contributed by atoms with Crippen LogP contribution in [0.25, 0.3) is 0 Å². The van der Waals surface area contributed by atoms with E-state index in [1.807, 2.05) is 0 Å². The molecule has 0 amide bonds. The molecule has 1 aliphatic heterocycles. The Hall–Kier alpha value is -0.0800. The quantitative estimate of drug-likeness (QED) is 0.660. The van der Waals surface area contributed by atoms with E-state index in [-0.39, 0.29) is 0 Å². The molecule has 0 bridgehead atoms. The van der Waals surface area contributed by atoms with Gasteiger partial charge in [-0.3, -0.25) is 0 Å². The molecule has 1 saturated heterocycles. The predicted molar refractivity (Wildman–Crippen MR) is 44.6 cm³/mol. The molecule has 0 radical (unpaired) electrons. The molecule has 2 aliphatic rings. The van der Waals surface area contributed by atoms with Crippen molar-refractivity contribution < 1.29 is 4.74 Å². The van der Waals surface area contributed by atoms with Gasteiger partial charge in [0.2, 0.25) is 0 Å². The fourth-order valence-corrected chi connectivity index (χ4v) is 1.70. The topological polar surface area (TPSA) is 21.3 Å². The Morgan fingerprint density at radius 3 is 2.73 bits per heavy atom. The van der Waals surface area contributed by atoms with Crippen LogP contribution in [0.4, 0.5) is 0 Å². The first-order chi connectivity index (χ1) is 5.45. The van der Waals surface area contributed by atoms with E-state index in [0.29, 0.717) is 6.10 Å². The first kappa shape index (κ1) is 7.56. The minimum Gasteiger partial charge on any atom is -0.377 e. The van der Waals surface area contributed by atoms with E-state index in [1.165, 1.54) is 25.7 Å². The second kappa shape index (κ2) is 3.55. The zero-order valence-corrected chi connectivity index (χ0v) is 7.01. The van der Waals surface area contributed by atoms with Crippen molar-refractivity contribution >= 4 is 0 Å². The monoisotopic (exact) mass is 155 g/mol. The van der Waals surface area contributed by atoms with Crippen LogP contribution in [-0.4, -0.2) is 25.8 Å². The summed E-state index contributed by atoms with van der Waals surface area (Å²) in [5, 5.41) is 3.31. The normalized spacial score (nSPS) is 32.2. The van der Waals surface area contributed by atoms with Gasteiger partial charge in [0.1, 0.15) is 0 Å². The van der Waals surface area contributed by atoms with Gasteiger partial charge in [-0.25, -0.2) is 0 Å². The van der Waals surface area contributed by atoms with Gasteiger partial charge in [0.15, 0.2) is 0 Å². The molecule has 11 heavy (non-hydrogen) atoms. The van der Waals surface area contributed by atoms with Crippen molar-refractivity contribution in [2.45, 2.75) is 31.8 Å². The molecule has 2 rings (SSSR count). The molecular formula is C9H17NO. The molecule has 1 heterocycles. The van der Waals surface area contributed by atoms with Crippen molar-refractivity contribution in [3.63, 3.8) is 0 Å². The minimum absolute atomic E-state index is 0.524. The van der Waals surface area contributed by atoms with Gasteiger partial charge in [0.25, 0.3) is 0 Å². The number of hydrogen-bond donors (Lipinski definition) is 1. The van der Waals surface area contributed by atoms with Crippen molar-refractivity contribution in [3.05, 3.63) is 0 Å². The van der Waals surface area contributed by atoms with Gasteiger partial charge in [0.05, 0.1) is 6.10 Å². The predicted octanol–water partition coefficient (Wildman–Crippen LogP) is 1.17. The van der Waals surface area contributed by atoms with Crippen LogP contribution in [0.15, 0.2) is 0 Å². The highest BCUT2D eigenvalue weighted by molar-refractivity contribution is 4.74. The molecule has 1 saturated carbocycles. The summed E-state index contributed by atoms with van der Waals surface area (Å²) < 4.78 is 5.74. The molecule has 0 aromatic carbocycles. The van der Waals surface area contributed by atoms with E-state index in [2.05, 4.69) is 5.32 Å². The molecule has 1 atom stereocenters. The van der Waals surface area contributed by atoms with Gasteiger partial charge in [-0.05, 0) is 31.7 Å². The van der Waals surface area contributed by atoms with E-state index in [0.717, 1.165) is 25.6 Å². The number of ether oxygens (including phenoxy) is 1. The van der Waals surface area contributed by atoms with Crippen molar-refractivity contribution in [2.75, 3.05) is 19.7 Å². The molecule has 0 aromatic rings. The van der Waals surface area contributed by atoms with Crippen molar-refractivity contribution in [2.24, 2.45) is 5.92 Å². The van der Waals surface area contributed by atoms with Crippen LogP contribution >= 0.6 is 0 Å². The molecule has 0 spiro atoms. The van der Waals surface area contributed by atoms with Crippen LogP contribution in [0.2, 0.25) is 0 Å². The standard InChI is InChI=1S/C9H17NO/c1-2-8(3-1)7-11-9-4-5-10-6-9/h8-10H,1-7H2/t9-/m0/s1. The summed E-state index contributed by atoms with van der Waals surface area (Å²) in [5.74, 6) is 0.899. The Morgan fingerprint density at radius 1 is 1.27 bits per heavy atom. The minimum atomic E-state index is 0.524. The summed E-state index contributed by atoms with van der Waals surface area (Å²) in [4.78, 5) is 0. The average molecular weight is 155 g/mol. The summed E-state index contributed by atoms with van der Waals surface area (Å²) in [5.41, 5.74) is 0. The second-order valence-corrected chi connectivity index (χ2v) is 3.75. The lowest BCUT2D eigenvalue weighted by atomic mass is 9.86. The maximum Gasteiger partial charge on any atom is 0.0711 e. The summed E-state index contributed by atoms with van der Waals surface area (Å²) >= 11 is 0. The number of hydrogen-bond acceptors (Lipinski definition) is 2. The molecule has 0 unspecified atom stereocenters. The van der Waals surface area contributed by atoms with Gasteiger partial charge in [-0.2, -0.15) is 0 Å². The highest BCUT2D eigenvalue weighted by atomic mass is 16.5. The van der Waals surface area contributed by atoms with E-state index in [4.69, 9.17) is 4.74 Å². The summed E-state index contributed by atoms with van der Waals surface area (Å²) in [7, 11) is 0. The Labute approximate surface area is 68.3 Å². The summed E-state index contributed by atoms with van der Waals surface area (Å²) in [6, 6.07) is 0. The van der Waals surface area contributed by atoms with E-state index < -0.39 is 0 Å². The maximum atomic E-state index is 5.74. The molecule has 1 N–H and O–H groups in total. The molecule has 2 fully saturated rings. The number of rotatable bonds is 3. The van der Waals surface area contributed by atoms with Gasteiger partial charge in [0, 0.05) is 13.2 Å². The van der Waals surface area contributed by atoms with Crippen molar-refractivity contribution in [1.29, 1.82) is 0 Å². The molecule has 64 valence electrons. The van der Waals surface area contributed by atoms with Crippen LogP contribution in [0.3, 0.4) is 0 Å². The largest absolute Gasteiger partial charge is 0.377 e. The fourth-order valence-electron chi connectivity index (χ4n) is 1.70. The number of nitrogens with one attached hydrogen (secondary N) is 1. The Kier molecular flexibility index (Phi) is 2.44. The Balaban J connectivity index is 1.57. The lowest BCUT2D eigenvalue weighted by molar-refractivity contribution is 0.0212. The first-order valence-electron chi connectivity index (χ1n) is 4.77. The van der Waals surface area contributed by atoms with E-state index in [1.54, 1.807) is 0 Å².